The van der Waals surface area contributed by atoms with E-state index in [1.54, 1.807) is 0 Å². The zero-order valence-corrected chi connectivity index (χ0v) is 17.6. The second kappa shape index (κ2) is 10.5. The average Bonchev–Trinajstić information content (AvgIpc) is 2.62. The highest BCUT2D eigenvalue weighted by Crippen LogP contribution is 2.64. The molecule has 0 saturated heterocycles. The molecule has 0 radical (unpaired) electrons. The van der Waals surface area contributed by atoms with E-state index >= 15 is 0 Å². The SMILES string of the molecule is CCCCC[C@@H](O)/C=C/[C@@H]1C[C@@H]2C[C@H]([C@H]1C/C=C\CCCC(=O)O)C2(C)C. The third kappa shape index (κ3) is 6.20. The van der Waals surface area contributed by atoms with Crippen LogP contribution in [0.1, 0.15) is 85.0 Å². The normalized spacial score (nSPS) is 30.5. The molecule has 0 unspecified atom stereocenters. The number of aliphatic hydroxyl groups is 1. The van der Waals surface area contributed by atoms with E-state index in [4.69, 9.17) is 5.11 Å². The number of allylic oxidation sites excluding steroid dienone is 3. The molecule has 2 N–H and O–H groups in total. The summed E-state index contributed by atoms with van der Waals surface area (Å²) in [5, 5.41) is 19.0. The van der Waals surface area contributed by atoms with Crippen LogP contribution in [0.25, 0.3) is 0 Å². The van der Waals surface area contributed by atoms with Crippen molar-refractivity contribution in [1.82, 2.24) is 0 Å². The van der Waals surface area contributed by atoms with Gasteiger partial charge in [-0.2, -0.15) is 0 Å². The second-order valence-corrected chi connectivity index (χ2v) is 9.37. The molecule has 0 aliphatic heterocycles. The van der Waals surface area contributed by atoms with Gasteiger partial charge in [0.2, 0.25) is 0 Å². The predicted molar refractivity (Wildman–Crippen MR) is 112 cm³/mol. The Labute approximate surface area is 165 Å². The van der Waals surface area contributed by atoms with Crippen LogP contribution in [0.15, 0.2) is 24.3 Å². The Morgan fingerprint density at radius 2 is 1.96 bits per heavy atom. The fraction of sp³-hybridized carbons (Fsp3) is 0.792. The summed E-state index contributed by atoms with van der Waals surface area (Å²) in [6.07, 6.45) is 18.4. The van der Waals surface area contributed by atoms with E-state index in [1.807, 2.05) is 0 Å². The number of hydrogen-bond acceptors (Lipinski definition) is 2. The van der Waals surface area contributed by atoms with Gasteiger partial charge in [0.05, 0.1) is 6.10 Å². The first-order chi connectivity index (χ1) is 12.9. The molecule has 3 aliphatic rings. The van der Waals surface area contributed by atoms with Crippen LogP contribution in [0.5, 0.6) is 0 Å². The van der Waals surface area contributed by atoms with Crippen molar-refractivity contribution in [3.05, 3.63) is 24.3 Å². The zero-order valence-electron chi connectivity index (χ0n) is 17.6. The van der Waals surface area contributed by atoms with Crippen LogP contribution in [0.3, 0.4) is 0 Å². The first-order valence-electron chi connectivity index (χ1n) is 11.1. The summed E-state index contributed by atoms with van der Waals surface area (Å²) >= 11 is 0. The molecule has 0 amide bonds. The first kappa shape index (κ1) is 22.2. The van der Waals surface area contributed by atoms with Gasteiger partial charge in [-0.05, 0) is 67.6 Å². The van der Waals surface area contributed by atoms with Crippen molar-refractivity contribution < 1.29 is 15.0 Å². The molecule has 27 heavy (non-hydrogen) atoms. The number of hydrogen-bond donors (Lipinski definition) is 2. The molecule has 154 valence electrons. The van der Waals surface area contributed by atoms with Gasteiger partial charge in [0, 0.05) is 6.42 Å². The minimum Gasteiger partial charge on any atom is -0.481 e. The van der Waals surface area contributed by atoms with E-state index in [-0.39, 0.29) is 12.5 Å². The molecule has 0 aromatic heterocycles. The lowest BCUT2D eigenvalue weighted by atomic mass is 9.43. The van der Waals surface area contributed by atoms with E-state index in [0.717, 1.165) is 43.9 Å². The minimum absolute atomic E-state index is 0.256. The van der Waals surface area contributed by atoms with Gasteiger partial charge in [0.25, 0.3) is 0 Å². The minimum atomic E-state index is -0.708. The average molecular weight is 377 g/mol. The molecule has 5 atom stereocenters. The van der Waals surface area contributed by atoms with Gasteiger partial charge in [-0.25, -0.2) is 0 Å². The van der Waals surface area contributed by atoms with Crippen LogP contribution in [0, 0.1) is 29.1 Å². The lowest BCUT2D eigenvalue weighted by Crippen LogP contribution is -2.55. The molecule has 0 heterocycles. The highest BCUT2D eigenvalue weighted by Gasteiger charge is 2.56. The molecule has 0 aromatic carbocycles. The lowest BCUT2D eigenvalue weighted by molar-refractivity contribution is -0.137. The molecule has 3 aliphatic carbocycles. The van der Waals surface area contributed by atoms with E-state index in [1.165, 1.54) is 25.7 Å². The lowest BCUT2D eigenvalue weighted by Gasteiger charge is -2.62. The van der Waals surface area contributed by atoms with Crippen LogP contribution in [0.2, 0.25) is 0 Å². The molecule has 2 bridgehead atoms. The largest absolute Gasteiger partial charge is 0.481 e. The molecule has 3 fully saturated rings. The van der Waals surface area contributed by atoms with E-state index < -0.39 is 5.97 Å². The molecule has 3 saturated carbocycles. The Morgan fingerprint density at radius 3 is 2.63 bits per heavy atom. The summed E-state index contributed by atoms with van der Waals surface area (Å²) in [6.45, 7) is 7.04. The number of carboxylic acid groups (broad SMARTS) is 1. The van der Waals surface area contributed by atoms with Crippen molar-refractivity contribution in [2.75, 3.05) is 0 Å². The van der Waals surface area contributed by atoms with Gasteiger partial charge in [-0.1, -0.05) is 64.3 Å². The molecular weight excluding hydrogens is 336 g/mol. The van der Waals surface area contributed by atoms with Crippen LogP contribution in [-0.4, -0.2) is 22.3 Å². The Hall–Kier alpha value is -1.09. The summed E-state index contributed by atoms with van der Waals surface area (Å²) in [5.41, 5.74) is 0.450. The fourth-order valence-corrected chi connectivity index (χ4v) is 5.26. The molecular formula is C24H40O3. The van der Waals surface area contributed by atoms with Crippen LogP contribution in [0.4, 0.5) is 0 Å². The second-order valence-electron chi connectivity index (χ2n) is 9.37. The number of carboxylic acids is 1. The number of fused-ring (bicyclic) bond motifs is 2. The Kier molecular flexibility index (Phi) is 8.60. The Bertz CT molecular complexity index is 520. The van der Waals surface area contributed by atoms with Crippen molar-refractivity contribution in [3.63, 3.8) is 0 Å². The molecule has 0 aromatic rings. The monoisotopic (exact) mass is 376 g/mol. The molecule has 3 nitrogen and oxygen atoms in total. The van der Waals surface area contributed by atoms with E-state index in [0.29, 0.717) is 17.3 Å². The number of unbranched alkanes of at least 4 members (excludes halogenated alkanes) is 3. The summed E-state index contributed by atoms with van der Waals surface area (Å²) in [4.78, 5) is 10.6. The highest BCUT2D eigenvalue weighted by molar-refractivity contribution is 5.66. The van der Waals surface area contributed by atoms with Gasteiger partial charge >= 0.3 is 5.97 Å². The Morgan fingerprint density at radius 1 is 1.19 bits per heavy atom. The van der Waals surface area contributed by atoms with E-state index in [2.05, 4.69) is 45.1 Å². The summed E-state index contributed by atoms with van der Waals surface area (Å²) < 4.78 is 0. The van der Waals surface area contributed by atoms with E-state index in [9.17, 15) is 9.90 Å². The topological polar surface area (TPSA) is 57.5 Å². The van der Waals surface area contributed by atoms with Crippen LogP contribution < -0.4 is 0 Å². The van der Waals surface area contributed by atoms with Gasteiger partial charge in [-0.15, -0.1) is 0 Å². The quantitative estimate of drug-likeness (QED) is 0.325. The maximum Gasteiger partial charge on any atom is 0.303 e. The predicted octanol–water partition coefficient (Wildman–Crippen LogP) is 5.98. The van der Waals surface area contributed by atoms with Crippen molar-refractivity contribution in [2.24, 2.45) is 29.1 Å². The van der Waals surface area contributed by atoms with Gasteiger partial charge < -0.3 is 10.2 Å². The maximum atomic E-state index is 10.6. The maximum absolute atomic E-state index is 10.6. The third-order valence-electron chi connectivity index (χ3n) is 7.19. The zero-order chi connectivity index (χ0) is 19.9. The summed E-state index contributed by atoms with van der Waals surface area (Å²) in [7, 11) is 0. The van der Waals surface area contributed by atoms with Gasteiger partial charge in [-0.3, -0.25) is 4.79 Å². The van der Waals surface area contributed by atoms with Crippen molar-refractivity contribution in [2.45, 2.75) is 91.1 Å². The number of aliphatic carboxylic acids is 1. The smallest absolute Gasteiger partial charge is 0.303 e. The van der Waals surface area contributed by atoms with Crippen LogP contribution >= 0.6 is 0 Å². The number of rotatable bonds is 12. The summed E-state index contributed by atoms with van der Waals surface area (Å²) in [5.74, 6) is 2.11. The first-order valence-corrected chi connectivity index (χ1v) is 11.1. The fourth-order valence-electron chi connectivity index (χ4n) is 5.26. The number of aliphatic hydroxyl groups excluding tert-OH is 1. The highest BCUT2D eigenvalue weighted by atomic mass is 16.4. The van der Waals surface area contributed by atoms with Crippen molar-refractivity contribution in [3.8, 4) is 0 Å². The molecule has 3 heteroatoms. The molecule has 0 spiro atoms. The van der Waals surface area contributed by atoms with Crippen LogP contribution in [-0.2, 0) is 4.79 Å². The van der Waals surface area contributed by atoms with Crippen molar-refractivity contribution in [1.29, 1.82) is 0 Å². The van der Waals surface area contributed by atoms with Gasteiger partial charge in [0.1, 0.15) is 0 Å². The standard InChI is InChI=1S/C24H40O3/c1-4-5-8-11-20(25)15-14-18-16-19-17-22(24(19,2)3)21(18)12-9-6-7-10-13-23(26)27/h6,9,14-15,18-22,25H,4-5,7-8,10-13,16-17H2,1-3H3,(H,26,27)/b9-6-,15-14+/t18-,19-,20-,21+,22-/m1/s1. The Balaban J connectivity index is 1.88. The summed E-state index contributed by atoms with van der Waals surface area (Å²) in [6, 6.07) is 0. The number of carbonyl (C=O) groups is 1. The van der Waals surface area contributed by atoms with Crippen molar-refractivity contribution >= 4 is 5.97 Å². The molecule has 3 rings (SSSR count). The third-order valence-corrected chi connectivity index (χ3v) is 7.19. The van der Waals surface area contributed by atoms with Gasteiger partial charge in [0.15, 0.2) is 0 Å².